The second-order valence-electron chi connectivity index (χ2n) is 8.50. The molecule has 2 fully saturated rings. The molecule has 2 amide bonds. The predicted octanol–water partition coefficient (Wildman–Crippen LogP) is 3.48. The first-order valence-corrected chi connectivity index (χ1v) is 11.7. The van der Waals surface area contributed by atoms with E-state index in [0.717, 1.165) is 23.4 Å². The zero-order valence-corrected chi connectivity index (χ0v) is 18.7. The number of hydrogen-bond donors (Lipinski definition) is 0. The van der Waals surface area contributed by atoms with E-state index in [9.17, 15) is 14.0 Å². The predicted molar refractivity (Wildman–Crippen MR) is 117 cm³/mol. The summed E-state index contributed by atoms with van der Waals surface area (Å²) < 4.78 is 18.8. The van der Waals surface area contributed by atoms with Crippen molar-refractivity contribution in [1.82, 2.24) is 14.8 Å². The van der Waals surface area contributed by atoms with Gasteiger partial charge in [-0.25, -0.2) is 9.37 Å². The second-order valence-corrected chi connectivity index (χ2v) is 9.39. The van der Waals surface area contributed by atoms with Crippen LogP contribution in [0.1, 0.15) is 53.7 Å². The highest BCUT2D eigenvalue weighted by Crippen LogP contribution is 2.31. The van der Waals surface area contributed by atoms with E-state index in [1.807, 2.05) is 29.0 Å². The summed E-state index contributed by atoms with van der Waals surface area (Å²) in [4.78, 5) is 33.8. The van der Waals surface area contributed by atoms with Crippen molar-refractivity contribution in [3.63, 3.8) is 0 Å². The Balaban J connectivity index is 1.31. The third-order valence-electron chi connectivity index (χ3n) is 5.91. The highest BCUT2D eigenvalue weighted by molar-refractivity contribution is 7.09. The third kappa shape index (κ3) is 5.30. The summed E-state index contributed by atoms with van der Waals surface area (Å²) >= 11 is 1.53. The number of morpholine rings is 1. The molecule has 166 valence electrons. The van der Waals surface area contributed by atoms with Crippen LogP contribution in [0, 0.1) is 5.82 Å². The normalized spacial score (nSPS) is 22.5. The Morgan fingerprint density at radius 1 is 1.10 bits per heavy atom. The molecule has 2 unspecified atom stereocenters. The Morgan fingerprint density at radius 2 is 1.74 bits per heavy atom. The van der Waals surface area contributed by atoms with Crippen molar-refractivity contribution in [1.29, 1.82) is 0 Å². The zero-order chi connectivity index (χ0) is 22.0. The molecule has 1 aromatic heterocycles. The molecule has 0 saturated carbocycles. The number of aromatic nitrogens is 1. The molecule has 6 nitrogen and oxygen atoms in total. The van der Waals surface area contributed by atoms with Crippen molar-refractivity contribution in [2.75, 3.05) is 26.2 Å². The van der Waals surface area contributed by atoms with E-state index in [1.54, 1.807) is 12.1 Å². The minimum absolute atomic E-state index is 0.0302. The summed E-state index contributed by atoms with van der Waals surface area (Å²) in [5.74, 6) is 0.00643. The number of piperidine rings is 1. The number of likely N-dealkylation sites (tertiary alicyclic amines) is 1. The molecule has 0 aliphatic carbocycles. The van der Waals surface area contributed by atoms with Crippen LogP contribution in [0.15, 0.2) is 29.6 Å². The van der Waals surface area contributed by atoms with Crippen molar-refractivity contribution in [2.24, 2.45) is 0 Å². The standard InChI is InChI=1S/C23H28FN3O3S/c1-15-12-27(13-16(2)30-15)23(29)20-14-31-22(25-20)18-7-9-26(10-8-18)21(28)11-17-3-5-19(24)6-4-17/h3-6,14-16,18H,7-13H2,1-2H3. The SMILES string of the molecule is CC1CN(C(=O)c2csc(C3CCN(C(=O)Cc4ccc(F)cc4)CC3)n2)CC(C)O1. The molecule has 31 heavy (non-hydrogen) atoms. The highest BCUT2D eigenvalue weighted by atomic mass is 32.1. The summed E-state index contributed by atoms with van der Waals surface area (Å²) in [5, 5.41) is 2.83. The van der Waals surface area contributed by atoms with Gasteiger partial charge in [0.05, 0.1) is 23.6 Å². The maximum atomic E-state index is 13.0. The van der Waals surface area contributed by atoms with Crippen LogP contribution in [0.5, 0.6) is 0 Å². The van der Waals surface area contributed by atoms with Gasteiger partial charge in [-0.1, -0.05) is 12.1 Å². The summed E-state index contributed by atoms with van der Waals surface area (Å²) in [5.41, 5.74) is 1.33. The molecule has 3 heterocycles. The van der Waals surface area contributed by atoms with Gasteiger partial charge in [0.15, 0.2) is 0 Å². The number of amides is 2. The van der Waals surface area contributed by atoms with Crippen LogP contribution in [0.25, 0.3) is 0 Å². The van der Waals surface area contributed by atoms with Crippen molar-refractivity contribution < 1.29 is 18.7 Å². The zero-order valence-electron chi connectivity index (χ0n) is 17.9. The molecule has 4 rings (SSSR count). The van der Waals surface area contributed by atoms with Gasteiger partial charge in [-0.05, 0) is 44.4 Å². The van der Waals surface area contributed by atoms with Crippen LogP contribution < -0.4 is 0 Å². The van der Waals surface area contributed by atoms with Crippen molar-refractivity contribution >= 4 is 23.2 Å². The van der Waals surface area contributed by atoms with Crippen molar-refractivity contribution in [3.8, 4) is 0 Å². The molecule has 1 aromatic carbocycles. The van der Waals surface area contributed by atoms with Gasteiger partial charge in [0, 0.05) is 37.5 Å². The van der Waals surface area contributed by atoms with E-state index in [2.05, 4.69) is 4.98 Å². The molecule has 0 spiro atoms. The van der Waals surface area contributed by atoms with Crippen LogP contribution in [0.3, 0.4) is 0 Å². The van der Waals surface area contributed by atoms with Crippen LogP contribution in [-0.4, -0.2) is 65.0 Å². The van der Waals surface area contributed by atoms with Crippen LogP contribution >= 0.6 is 11.3 Å². The molecular formula is C23H28FN3O3S. The van der Waals surface area contributed by atoms with Gasteiger partial charge in [0.25, 0.3) is 5.91 Å². The summed E-state index contributed by atoms with van der Waals surface area (Å²) in [6, 6.07) is 6.08. The Hall–Kier alpha value is -2.32. The lowest BCUT2D eigenvalue weighted by molar-refractivity contribution is -0.131. The molecule has 0 bridgehead atoms. The smallest absolute Gasteiger partial charge is 0.273 e. The topological polar surface area (TPSA) is 62.7 Å². The quantitative estimate of drug-likeness (QED) is 0.723. The lowest BCUT2D eigenvalue weighted by atomic mass is 9.97. The van der Waals surface area contributed by atoms with Crippen LogP contribution in [0.2, 0.25) is 0 Å². The number of benzene rings is 1. The van der Waals surface area contributed by atoms with Gasteiger partial charge in [-0.3, -0.25) is 9.59 Å². The summed E-state index contributed by atoms with van der Waals surface area (Å²) in [6.07, 6.45) is 2.02. The van der Waals surface area contributed by atoms with E-state index < -0.39 is 0 Å². The van der Waals surface area contributed by atoms with Gasteiger partial charge in [0.1, 0.15) is 11.5 Å². The summed E-state index contributed by atoms with van der Waals surface area (Å²) in [7, 11) is 0. The number of carbonyl (C=O) groups excluding carboxylic acids is 2. The molecule has 2 saturated heterocycles. The molecule has 0 N–H and O–H groups in total. The largest absolute Gasteiger partial charge is 0.372 e. The van der Waals surface area contributed by atoms with Gasteiger partial charge in [-0.15, -0.1) is 11.3 Å². The molecule has 2 aliphatic heterocycles. The number of rotatable bonds is 4. The van der Waals surface area contributed by atoms with Crippen LogP contribution in [0.4, 0.5) is 4.39 Å². The first-order chi connectivity index (χ1) is 14.9. The second kappa shape index (κ2) is 9.44. The summed E-state index contributed by atoms with van der Waals surface area (Å²) in [6.45, 7) is 6.48. The maximum Gasteiger partial charge on any atom is 0.273 e. The molecular weight excluding hydrogens is 417 g/mol. The number of thiazole rings is 1. The molecule has 0 radical (unpaired) electrons. The lowest BCUT2D eigenvalue weighted by Crippen LogP contribution is -2.48. The fourth-order valence-electron chi connectivity index (χ4n) is 4.34. The van der Waals surface area contributed by atoms with Gasteiger partial charge in [-0.2, -0.15) is 0 Å². The first-order valence-electron chi connectivity index (χ1n) is 10.8. The van der Waals surface area contributed by atoms with E-state index in [0.29, 0.717) is 31.9 Å². The van der Waals surface area contributed by atoms with E-state index >= 15 is 0 Å². The minimum atomic E-state index is -0.295. The Labute approximate surface area is 186 Å². The number of carbonyl (C=O) groups is 2. The number of nitrogens with zero attached hydrogens (tertiary/aromatic N) is 3. The molecule has 8 heteroatoms. The van der Waals surface area contributed by atoms with Crippen molar-refractivity contribution in [3.05, 3.63) is 51.7 Å². The van der Waals surface area contributed by atoms with Gasteiger partial charge < -0.3 is 14.5 Å². The molecule has 2 aliphatic rings. The Kier molecular flexibility index (Phi) is 6.67. The molecule has 2 aromatic rings. The first kappa shape index (κ1) is 21.9. The fraction of sp³-hybridized carbons (Fsp3) is 0.522. The number of halogens is 1. The van der Waals surface area contributed by atoms with Crippen molar-refractivity contribution in [2.45, 2.75) is 51.2 Å². The highest BCUT2D eigenvalue weighted by Gasteiger charge is 2.30. The number of ether oxygens (including phenoxy) is 1. The minimum Gasteiger partial charge on any atom is -0.372 e. The lowest BCUT2D eigenvalue weighted by Gasteiger charge is -2.35. The maximum absolute atomic E-state index is 13.0. The Morgan fingerprint density at radius 3 is 2.39 bits per heavy atom. The average Bonchev–Trinajstić information content (AvgIpc) is 3.24. The fourth-order valence-corrected chi connectivity index (χ4v) is 5.31. The average molecular weight is 446 g/mol. The number of hydrogen-bond acceptors (Lipinski definition) is 5. The van der Waals surface area contributed by atoms with E-state index in [1.165, 1.54) is 23.5 Å². The van der Waals surface area contributed by atoms with E-state index in [-0.39, 0.29) is 42.2 Å². The van der Waals surface area contributed by atoms with Crippen LogP contribution in [-0.2, 0) is 16.0 Å². The van der Waals surface area contributed by atoms with E-state index in [4.69, 9.17) is 4.74 Å². The van der Waals surface area contributed by atoms with Gasteiger partial charge in [0.2, 0.25) is 5.91 Å². The monoisotopic (exact) mass is 445 g/mol. The van der Waals surface area contributed by atoms with Gasteiger partial charge >= 0.3 is 0 Å². The third-order valence-corrected chi connectivity index (χ3v) is 6.92. The Bertz CT molecular complexity index is 914. The molecule has 2 atom stereocenters.